The Hall–Kier alpha value is -1.53. The molecule has 1 aromatic carbocycles. The molecule has 23 heavy (non-hydrogen) atoms. The SMILES string of the molecule is CCn1c(SCC(O)COc2ccc(C)cc2)nnc1C1CC1. The Morgan fingerprint density at radius 2 is 2.04 bits per heavy atom. The van der Waals surface area contributed by atoms with Crippen LogP contribution in [0.25, 0.3) is 0 Å². The third kappa shape index (κ3) is 4.26. The lowest BCUT2D eigenvalue weighted by molar-refractivity contribution is 0.126. The predicted molar refractivity (Wildman–Crippen MR) is 91.1 cm³/mol. The number of ether oxygens (including phenoxy) is 1. The minimum absolute atomic E-state index is 0.284. The fourth-order valence-electron chi connectivity index (χ4n) is 2.39. The van der Waals surface area contributed by atoms with Gasteiger partial charge in [0.1, 0.15) is 18.2 Å². The van der Waals surface area contributed by atoms with Crippen LogP contribution in [-0.2, 0) is 6.54 Å². The number of rotatable bonds is 8. The van der Waals surface area contributed by atoms with Gasteiger partial charge in [0.15, 0.2) is 5.16 Å². The highest BCUT2D eigenvalue weighted by molar-refractivity contribution is 7.99. The highest BCUT2D eigenvalue weighted by Crippen LogP contribution is 2.40. The first kappa shape index (κ1) is 16.3. The van der Waals surface area contributed by atoms with E-state index in [9.17, 15) is 5.11 Å². The number of thioether (sulfide) groups is 1. The molecular weight excluding hydrogens is 310 g/mol. The molecule has 0 aliphatic heterocycles. The molecule has 5 nitrogen and oxygen atoms in total. The summed E-state index contributed by atoms with van der Waals surface area (Å²) in [5.74, 6) is 3.02. The molecule has 0 amide bonds. The van der Waals surface area contributed by atoms with Crippen LogP contribution in [0, 0.1) is 6.92 Å². The maximum absolute atomic E-state index is 10.1. The summed E-state index contributed by atoms with van der Waals surface area (Å²) in [6.07, 6.45) is 1.90. The van der Waals surface area contributed by atoms with Crippen LogP contribution in [0.4, 0.5) is 0 Å². The van der Waals surface area contributed by atoms with Crippen molar-refractivity contribution in [3.63, 3.8) is 0 Å². The van der Waals surface area contributed by atoms with Gasteiger partial charge in [0, 0.05) is 18.2 Å². The molecule has 0 spiro atoms. The number of hydrogen-bond acceptors (Lipinski definition) is 5. The van der Waals surface area contributed by atoms with Gasteiger partial charge in [-0.05, 0) is 38.8 Å². The molecule has 124 valence electrons. The Kier molecular flexibility index (Phi) is 5.23. The van der Waals surface area contributed by atoms with E-state index < -0.39 is 6.10 Å². The summed E-state index contributed by atoms with van der Waals surface area (Å²) in [7, 11) is 0. The van der Waals surface area contributed by atoms with Gasteiger partial charge in [-0.2, -0.15) is 0 Å². The molecular formula is C17H23N3O2S. The van der Waals surface area contributed by atoms with Gasteiger partial charge >= 0.3 is 0 Å². The van der Waals surface area contributed by atoms with Crippen molar-refractivity contribution in [1.29, 1.82) is 0 Å². The van der Waals surface area contributed by atoms with Crippen LogP contribution in [0.15, 0.2) is 29.4 Å². The lowest BCUT2D eigenvalue weighted by Gasteiger charge is -2.12. The van der Waals surface area contributed by atoms with Crippen molar-refractivity contribution in [1.82, 2.24) is 14.8 Å². The smallest absolute Gasteiger partial charge is 0.191 e. The second-order valence-electron chi connectivity index (χ2n) is 5.95. The summed E-state index contributed by atoms with van der Waals surface area (Å²) in [6, 6.07) is 7.84. The lowest BCUT2D eigenvalue weighted by atomic mass is 10.2. The molecule has 1 aliphatic carbocycles. The highest BCUT2D eigenvalue weighted by Gasteiger charge is 2.30. The van der Waals surface area contributed by atoms with Crippen LogP contribution in [0.1, 0.15) is 37.1 Å². The van der Waals surface area contributed by atoms with Gasteiger partial charge in [-0.25, -0.2) is 0 Å². The molecule has 0 bridgehead atoms. The minimum atomic E-state index is -0.535. The van der Waals surface area contributed by atoms with E-state index >= 15 is 0 Å². The second-order valence-corrected chi connectivity index (χ2v) is 6.94. The minimum Gasteiger partial charge on any atom is -0.491 e. The topological polar surface area (TPSA) is 60.2 Å². The standard InChI is InChI=1S/C17H23N3O2S/c1-3-20-16(13-6-7-13)18-19-17(20)23-11-14(21)10-22-15-8-4-12(2)5-9-15/h4-5,8-9,13-14,21H,3,6-7,10-11H2,1-2H3. The Labute approximate surface area is 141 Å². The van der Waals surface area contributed by atoms with E-state index in [-0.39, 0.29) is 6.61 Å². The molecule has 1 heterocycles. The number of aliphatic hydroxyl groups is 1. The van der Waals surface area contributed by atoms with E-state index in [1.165, 1.54) is 18.4 Å². The first-order valence-electron chi connectivity index (χ1n) is 8.10. The number of aryl methyl sites for hydroxylation is 1. The Bertz CT molecular complexity index is 638. The molecule has 2 aromatic rings. The van der Waals surface area contributed by atoms with E-state index in [0.29, 0.717) is 11.7 Å². The van der Waals surface area contributed by atoms with E-state index in [4.69, 9.17) is 4.74 Å². The van der Waals surface area contributed by atoms with Crippen molar-refractivity contribution in [2.75, 3.05) is 12.4 Å². The van der Waals surface area contributed by atoms with E-state index in [0.717, 1.165) is 23.3 Å². The fraction of sp³-hybridized carbons (Fsp3) is 0.529. The molecule has 1 aliphatic rings. The van der Waals surface area contributed by atoms with E-state index in [1.54, 1.807) is 11.8 Å². The Morgan fingerprint density at radius 3 is 2.70 bits per heavy atom. The zero-order valence-corrected chi connectivity index (χ0v) is 14.4. The Morgan fingerprint density at radius 1 is 1.30 bits per heavy atom. The lowest BCUT2D eigenvalue weighted by Crippen LogP contribution is -2.20. The van der Waals surface area contributed by atoms with Gasteiger partial charge in [0.25, 0.3) is 0 Å². The number of aromatic nitrogens is 3. The third-order valence-electron chi connectivity index (χ3n) is 3.87. The third-order valence-corrected chi connectivity index (χ3v) is 4.98. The molecule has 6 heteroatoms. The number of aliphatic hydroxyl groups excluding tert-OH is 1. The maximum atomic E-state index is 10.1. The van der Waals surface area contributed by atoms with Crippen LogP contribution in [-0.4, -0.2) is 38.3 Å². The zero-order valence-electron chi connectivity index (χ0n) is 13.6. The molecule has 1 saturated carbocycles. The van der Waals surface area contributed by atoms with Gasteiger partial charge in [0.05, 0.1) is 6.10 Å². The normalized spacial score (nSPS) is 15.6. The summed E-state index contributed by atoms with van der Waals surface area (Å²) in [5.41, 5.74) is 1.19. The maximum Gasteiger partial charge on any atom is 0.191 e. The van der Waals surface area contributed by atoms with E-state index in [2.05, 4.69) is 21.7 Å². The molecule has 0 radical (unpaired) electrons. The van der Waals surface area contributed by atoms with Gasteiger partial charge in [0.2, 0.25) is 0 Å². The monoisotopic (exact) mass is 333 g/mol. The summed E-state index contributed by atoms with van der Waals surface area (Å²) in [6.45, 7) is 5.30. The highest BCUT2D eigenvalue weighted by atomic mass is 32.2. The van der Waals surface area contributed by atoms with Crippen molar-refractivity contribution in [3.8, 4) is 5.75 Å². The van der Waals surface area contributed by atoms with Crippen LogP contribution >= 0.6 is 11.8 Å². The van der Waals surface area contributed by atoms with Crippen molar-refractivity contribution in [2.45, 2.75) is 50.4 Å². The summed E-state index contributed by atoms with van der Waals surface area (Å²) in [5, 5.41) is 19.6. The second kappa shape index (κ2) is 7.36. The molecule has 1 aromatic heterocycles. The Balaban J connectivity index is 1.49. The van der Waals surface area contributed by atoms with Crippen LogP contribution < -0.4 is 4.74 Å². The molecule has 3 rings (SSSR count). The summed E-state index contributed by atoms with van der Waals surface area (Å²) < 4.78 is 7.78. The molecule has 1 N–H and O–H groups in total. The average molecular weight is 333 g/mol. The van der Waals surface area contributed by atoms with Crippen molar-refractivity contribution in [2.24, 2.45) is 0 Å². The van der Waals surface area contributed by atoms with Gasteiger partial charge in [-0.1, -0.05) is 29.5 Å². The van der Waals surface area contributed by atoms with Crippen LogP contribution in [0.2, 0.25) is 0 Å². The average Bonchev–Trinajstić information content (AvgIpc) is 3.32. The number of nitrogens with zero attached hydrogens (tertiary/aromatic N) is 3. The van der Waals surface area contributed by atoms with Crippen molar-refractivity contribution < 1.29 is 9.84 Å². The van der Waals surface area contributed by atoms with Crippen molar-refractivity contribution in [3.05, 3.63) is 35.7 Å². The quantitative estimate of drug-likeness (QED) is 0.753. The summed E-state index contributed by atoms with van der Waals surface area (Å²) >= 11 is 1.54. The zero-order chi connectivity index (χ0) is 16.2. The van der Waals surface area contributed by atoms with Gasteiger partial charge in [-0.3, -0.25) is 0 Å². The molecule has 1 unspecified atom stereocenters. The van der Waals surface area contributed by atoms with Gasteiger partial charge in [-0.15, -0.1) is 10.2 Å². The fourth-order valence-corrected chi connectivity index (χ4v) is 3.31. The first-order chi connectivity index (χ1) is 11.2. The van der Waals surface area contributed by atoms with E-state index in [1.807, 2.05) is 31.2 Å². The van der Waals surface area contributed by atoms with Crippen molar-refractivity contribution >= 4 is 11.8 Å². The van der Waals surface area contributed by atoms with Gasteiger partial charge < -0.3 is 14.4 Å². The molecule has 1 atom stereocenters. The first-order valence-corrected chi connectivity index (χ1v) is 9.09. The number of benzene rings is 1. The molecule has 1 fully saturated rings. The molecule has 0 saturated heterocycles. The van der Waals surface area contributed by atoms with Crippen LogP contribution in [0.3, 0.4) is 0 Å². The summed E-state index contributed by atoms with van der Waals surface area (Å²) in [4.78, 5) is 0. The largest absolute Gasteiger partial charge is 0.491 e. The van der Waals surface area contributed by atoms with Crippen LogP contribution in [0.5, 0.6) is 5.75 Å². The number of hydrogen-bond donors (Lipinski definition) is 1. The predicted octanol–water partition coefficient (Wildman–Crippen LogP) is 3.02.